The molecule has 1 saturated carbocycles. The number of aliphatic carboxylic acids is 1. The smallest absolute Gasteiger partial charge is 0.326 e. The van der Waals surface area contributed by atoms with E-state index >= 15 is 0 Å². The number of amides is 1. The second-order valence-corrected chi connectivity index (χ2v) is 3.98. The average molecular weight is 342 g/mol. The van der Waals surface area contributed by atoms with E-state index < -0.39 is 117 Å². The Morgan fingerprint density at radius 3 is 2.65 bits per heavy atom. The minimum Gasteiger partial charge on any atom is -0.480 e. The maximum atomic E-state index is 13.7. The van der Waals surface area contributed by atoms with Crippen LogP contribution in [0.4, 0.5) is 0 Å². The van der Waals surface area contributed by atoms with E-state index in [9.17, 15) is 14.7 Å². The molecule has 0 heterocycles. The van der Waals surface area contributed by atoms with Crippen LogP contribution in [0.15, 0.2) is 30.2 Å². The molecule has 0 spiro atoms. The number of carboxylic acids is 1. The van der Waals surface area contributed by atoms with Crippen molar-refractivity contribution in [2.75, 3.05) is 0 Å². The van der Waals surface area contributed by atoms with Crippen LogP contribution in [0.2, 0.25) is 0 Å². The zero-order chi connectivity index (χ0) is 37.9. The highest BCUT2D eigenvalue weighted by atomic mass is 16.4. The molecule has 0 bridgehead atoms. The van der Waals surface area contributed by atoms with Crippen LogP contribution in [-0.2, 0) is 16.0 Å². The minimum absolute atomic E-state index is 0.987. The molecule has 1 aromatic carbocycles. The lowest BCUT2D eigenvalue weighted by molar-refractivity contribution is -0.142. The molecule has 0 unspecified atom stereocenters. The van der Waals surface area contributed by atoms with Gasteiger partial charge in [0.1, 0.15) is 6.02 Å². The van der Waals surface area contributed by atoms with E-state index in [2.05, 4.69) is 0 Å². The van der Waals surface area contributed by atoms with Gasteiger partial charge in [0.2, 0.25) is 5.91 Å². The van der Waals surface area contributed by atoms with Crippen LogP contribution in [-0.4, -0.2) is 23.0 Å². The quantitative estimate of drug-likeness (QED) is 0.834. The van der Waals surface area contributed by atoms with Crippen molar-refractivity contribution in [3.63, 3.8) is 0 Å². The molecule has 0 aliphatic heterocycles. The van der Waals surface area contributed by atoms with Gasteiger partial charge in [0, 0.05) is 36.9 Å². The van der Waals surface area contributed by atoms with Crippen molar-refractivity contribution < 1.29 is 47.6 Å². The van der Waals surface area contributed by atoms with Gasteiger partial charge in [-0.3, -0.25) is 4.79 Å². The summed E-state index contributed by atoms with van der Waals surface area (Å²) >= 11 is 0. The second kappa shape index (κ2) is 8.14. The van der Waals surface area contributed by atoms with Crippen LogP contribution >= 0.6 is 0 Å². The van der Waals surface area contributed by atoms with E-state index in [4.69, 9.17) is 32.9 Å². The summed E-state index contributed by atoms with van der Waals surface area (Å²) in [5.74, 6) is -18.4. The van der Waals surface area contributed by atoms with E-state index in [0.717, 1.165) is 5.32 Å². The maximum Gasteiger partial charge on any atom is 0.326 e. The van der Waals surface area contributed by atoms with Crippen molar-refractivity contribution in [3.05, 3.63) is 35.8 Å². The Bertz CT molecular complexity index is 1410. The first kappa shape index (κ1) is 4.04. The van der Waals surface area contributed by atoms with Crippen LogP contribution in [0.5, 0.6) is 0 Å². The van der Waals surface area contributed by atoms with Crippen LogP contribution in [0.1, 0.15) is 77.7 Å². The number of nitrogens with one attached hydrogen (secondary N) is 1. The van der Waals surface area contributed by atoms with Crippen LogP contribution in [0.3, 0.4) is 0 Å². The summed E-state index contributed by atoms with van der Waals surface area (Å²) in [5.41, 5.74) is -1.57. The normalized spacial score (nSPS) is 56.0. The first-order chi connectivity index (χ1) is 20.4. The fourth-order valence-corrected chi connectivity index (χ4v) is 1.33. The molecule has 0 radical (unpaired) electrons. The first-order valence-electron chi connectivity index (χ1n) is 18.0. The third kappa shape index (κ3) is 5.08. The third-order valence-electron chi connectivity index (χ3n) is 2.36. The average Bonchev–Trinajstić information content (AvgIpc) is 2.86. The summed E-state index contributed by atoms with van der Waals surface area (Å²) in [6.07, 6.45) is -22.9. The zero-order valence-electron chi connectivity index (χ0n) is 35.3. The fourth-order valence-electron chi connectivity index (χ4n) is 1.33. The van der Waals surface area contributed by atoms with Gasteiger partial charge in [-0.05, 0) is 42.9 Å². The summed E-state index contributed by atoms with van der Waals surface area (Å²) in [7, 11) is 0. The van der Waals surface area contributed by atoms with Crippen LogP contribution in [0.25, 0.3) is 0 Å². The Morgan fingerprint density at radius 1 is 1.43 bits per heavy atom. The lowest BCUT2D eigenvalue weighted by atomic mass is 9.76. The van der Waals surface area contributed by atoms with E-state index in [1.165, 1.54) is 0 Å². The molecule has 1 aromatic rings. The predicted molar refractivity (Wildman–Crippen MR) is 90.0 cm³/mol. The van der Waals surface area contributed by atoms with Gasteiger partial charge >= 0.3 is 5.97 Å². The Balaban J connectivity index is 3.01. The largest absolute Gasteiger partial charge is 0.480 e. The number of carboxylic acid groups (broad SMARTS) is 1. The molecule has 1 aliphatic rings. The standard InChI is InChI=1S/C19H27NO3/c1-13(2)15-8-10-16(11-9-15)18(21)20-17(19(22)23)12-14-6-4-3-5-7-14/h3-7,13,15-17H,8-12H2,1-2H3,(H,20,21)(H,22,23)/t15?,16?,17-/m0/s1/i1D3,2D3,3D,4D,5D,6D,7D,8D2,9D2,10D2,11D2,12D2,15D,16D,17D. The maximum absolute atomic E-state index is 13.7. The number of rotatable bonds is 6. The minimum atomic E-state index is -4.75. The molecular weight excluding hydrogens is 290 g/mol. The van der Waals surface area contributed by atoms with Gasteiger partial charge in [0.25, 0.3) is 0 Å². The van der Waals surface area contributed by atoms with E-state index in [-0.39, 0.29) is 0 Å². The molecule has 1 amide bonds. The van der Waals surface area contributed by atoms with Crippen LogP contribution < -0.4 is 5.32 Å². The fraction of sp³-hybridized carbons (Fsp3) is 0.579. The molecule has 2 rings (SSSR count). The molecule has 2 N–H and O–H groups in total. The monoisotopic (exact) mass is 341 g/mol. The zero-order valence-corrected chi connectivity index (χ0v) is 11.3. The highest BCUT2D eigenvalue weighted by molar-refractivity contribution is 5.85. The van der Waals surface area contributed by atoms with Gasteiger partial charge in [0.05, 0.1) is 8.22 Å². The molecule has 1 atom stereocenters. The highest BCUT2D eigenvalue weighted by Gasteiger charge is 2.30. The summed E-state index contributed by atoms with van der Waals surface area (Å²) < 4.78 is 194. The first-order valence-corrected chi connectivity index (χ1v) is 6.00. The molecular formula is C19H27NO3. The number of carbonyl (C=O) groups excluding carboxylic acids is 1. The molecule has 4 nitrogen and oxygen atoms in total. The summed E-state index contributed by atoms with van der Waals surface area (Å²) in [6.45, 7) is -8.08. The Labute approximate surface area is 172 Å². The lowest BCUT2D eigenvalue weighted by Crippen LogP contribution is -2.45. The third-order valence-corrected chi connectivity index (χ3v) is 2.36. The number of benzene rings is 1. The number of hydrogen-bond donors (Lipinski definition) is 2. The van der Waals surface area contributed by atoms with Gasteiger partial charge in [-0.25, -0.2) is 4.79 Å². The topological polar surface area (TPSA) is 66.4 Å². The Morgan fingerprint density at radius 2 is 2.09 bits per heavy atom. The Hall–Kier alpha value is -1.84. The molecule has 1 aliphatic carbocycles. The predicted octanol–water partition coefficient (Wildman–Crippen LogP) is 3.26. The van der Waals surface area contributed by atoms with Gasteiger partial charge in [-0.2, -0.15) is 0 Å². The second-order valence-electron chi connectivity index (χ2n) is 3.98. The van der Waals surface area contributed by atoms with Crippen molar-refractivity contribution in [2.24, 2.45) is 17.7 Å². The highest BCUT2D eigenvalue weighted by Crippen LogP contribution is 2.33. The lowest BCUT2D eigenvalue weighted by Gasteiger charge is -2.30. The molecule has 126 valence electrons. The van der Waals surface area contributed by atoms with Crippen molar-refractivity contribution in [1.82, 2.24) is 5.32 Å². The van der Waals surface area contributed by atoms with E-state index in [0.29, 0.717) is 0 Å². The van der Waals surface area contributed by atoms with Crippen LogP contribution in [0, 0.1) is 17.7 Å². The van der Waals surface area contributed by atoms with Crippen molar-refractivity contribution >= 4 is 11.9 Å². The molecule has 23 heavy (non-hydrogen) atoms. The van der Waals surface area contributed by atoms with Gasteiger partial charge in [-0.15, -0.1) is 0 Å². The summed E-state index contributed by atoms with van der Waals surface area (Å²) in [5, 5.41) is 10.9. The van der Waals surface area contributed by atoms with Gasteiger partial charge in [0.15, 0.2) is 0 Å². The number of hydrogen-bond acceptors (Lipinski definition) is 2. The SMILES string of the molecule is [2H]c1c([2H])c([2H])c(C([2H])([2H])[C@]([2H])(NC(=O)C2([2H])C([2H])([2H])C([2H])([2H])C([2H])(C(C([2H])([2H])[2H])C([2H])([2H])[2H])C([2H])([2H])C2([2H])[2H])C(=O)O)c([2H])c1[2H]. The summed E-state index contributed by atoms with van der Waals surface area (Å²) in [4.78, 5) is 26.1. The molecule has 1 fully saturated rings. The van der Waals surface area contributed by atoms with Crippen molar-refractivity contribution in [1.29, 1.82) is 0 Å². The summed E-state index contributed by atoms with van der Waals surface area (Å²) in [6, 6.07) is -10.8. The van der Waals surface area contributed by atoms with E-state index in [1.807, 2.05) is 0 Å². The molecule has 4 heteroatoms. The van der Waals surface area contributed by atoms with Crippen molar-refractivity contribution in [3.8, 4) is 0 Å². The molecule has 0 saturated heterocycles. The van der Waals surface area contributed by atoms with Crippen molar-refractivity contribution in [2.45, 2.75) is 51.6 Å². The number of carbonyl (C=O) groups is 2. The Kier molecular flexibility index (Phi) is 1.43. The van der Waals surface area contributed by atoms with E-state index in [1.54, 1.807) is 0 Å². The van der Waals surface area contributed by atoms with Gasteiger partial charge < -0.3 is 10.4 Å². The molecule has 0 aromatic heterocycles. The van der Waals surface area contributed by atoms with Gasteiger partial charge in [-0.1, -0.05) is 43.9 Å².